The molecule has 0 aromatic carbocycles. The van der Waals surface area contributed by atoms with Gasteiger partial charge in [0.15, 0.2) is 0 Å². The summed E-state index contributed by atoms with van der Waals surface area (Å²) in [6, 6.07) is -1.20. The standard InChI is InChI=1S/C16H26N8O4S/c1-23(2)12(19)9(22-16(28)21-4-3-17)6-20-5-8-7-29-14-10(18)13(25)24(14)11(8)15(26)27/h6,10,14,19-20H,3-5,7,17-18H2,1-2H3,(H,26,27)(H2,21,22,28)/t10-,14-/m1/s1. The quantitative estimate of drug-likeness (QED) is 0.128. The normalized spacial score (nSPS) is 21.2. The van der Waals surface area contributed by atoms with Crippen LogP contribution in [0.25, 0.3) is 0 Å². The van der Waals surface area contributed by atoms with Crippen molar-refractivity contribution in [3.63, 3.8) is 0 Å². The predicted molar refractivity (Wildman–Crippen MR) is 109 cm³/mol. The Balaban J connectivity index is 2.13. The number of carbonyl (C=O) groups is 3. The second-order valence-electron chi connectivity index (χ2n) is 6.54. The molecule has 1 saturated heterocycles. The number of likely N-dealkylation sites (N-methyl/N-ethyl adjacent to an activating group) is 1. The van der Waals surface area contributed by atoms with E-state index in [1.165, 1.54) is 27.8 Å². The highest BCUT2D eigenvalue weighted by molar-refractivity contribution is 8.00. The van der Waals surface area contributed by atoms with Crippen LogP contribution in [-0.2, 0) is 9.59 Å². The number of carbonyl (C=O) groups excluding carboxylic acids is 2. The van der Waals surface area contributed by atoms with Crippen molar-refractivity contribution in [2.45, 2.75) is 11.4 Å². The Bertz CT molecular complexity index is 766. The summed E-state index contributed by atoms with van der Waals surface area (Å²) in [6.07, 6.45) is 1.41. The van der Waals surface area contributed by atoms with E-state index in [0.29, 0.717) is 11.3 Å². The summed E-state index contributed by atoms with van der Waals surface area (Å²) in [7, 11) is 3.30. The number of urea groups is 1. The van der Waals surface area contributed by atoms with Gasteiger partial charge in [-0.1, -0.05) is 0 Å². The van der Waals surface area contributed by atoms with Gasteiger partial charge in [0.05, 0.1) is 0 Å². The van der Waals surface area contributed by atoms with Crippen molar-refractivity contribution in [1.82, 2.24) is 25.8 Å². The molecule has 0 radical (unpaired) electrons. The second kappa shape index (κ2) is 9.62. The Morgan fingerprint density at radius 2 is 2.14 bits per heavy atom. The Hall–Kier alpha value is -2.77. The SMILES string of the molecule is CN(C)C(=N)C(=CNCC1=C(C(=O)O)N2C(=O)[C@@H](N)[C@H]2SC1)NC(=O)NCCN. The Kier molecular flexibility index (Phi) is 7.47. The van der Waals surface area contributed by atoms with Crippen LogP contribution in [0.5, 0.6) is 0 Å². The molecule has 9 N–H and O–H groups in total. The molecule has 0 bridgehead atoms. The summed E-state index contributed by atoms with van der Waals surface area (Å²) in [6.45, 7) is 0.678. The first kappa shape index (κ1) is 22.5. The van der Waals surface area contributed by atoms with Gasteiger partial charge in [0.1, 0.15) is 28.6 Å². The van der Waals surface area contributed by atoms with E-state index in [1.54, 1.807) is 14.1 Å². The molecule has 0 saturated carbocycles. The number of thioether (sulfide) groups is 1. The molecule has 0 aromatic heterocycles. The van der Waals surface area contributed by atoms with E-state index in [9.17, 15) is 19.5 Å². The summed E-state index contributed by atoms with van der Waals surface area (Å²) >= 11 is 1.40. The van der Waals surface area contributed by atoms with Crippen LogP contribution < -0.4 is 27.4 Å². The van der Waals surface area contributed by atoms with Crippen LogP contribution in [-0.4, -0.2) is 89.5 Å². The lowest BCUT2D eigenvalue weighted by Gasteiger charge is -2.48. The molecule has 29 heavy (non-hydrogen) atoms. The topological polar surface area (TPSA) is 190 Å². The van der Waals surface area contributed by atoms with Gasteiger partial charge in [-0.15, -0.1) is 11.8 Å². The Morgan fingerprint density at radius 3 is 2.72 bits per heavy atom. The molecule has 2 atom stereocenters. The minimum atomic E-state index is -1.20. The van der Waals surface area contributed by atoms with E-state index in [1.807, 2.05) is 0 Å². The van der Waals surface area contributed by atoms with Crippen molar-refractivity contribution < 1.29 is 19.5 Å². The lowest BCUT2D eigenvalue weighted by atomic mass is 10.0. The molecule has 0 aromatic rings. The maximum Gasteiger partial charge on any atom is 0.352 e. The molecule has 160 valence electrons. The fraction of sp³-hybridized carbons (Fsp3) is 0.500. The lowest BCUT2D eigenvalue weighted by Crippen LogP contribution is -2.68. The van der Waals surface area contributed by atoms with E-state index >= 15 is 0 Å². The smallest absolute Gasteiger partial charge is 0.352 e. The van der Waals surface area contributed by atoms with E-state index in [4.69, 9.17) is 16.9 Å². The summed E-state index contributed by atoms with van der Waals surface area (Å²) in [5.74, 6) is -1.18. The summed E-state index contributed by atoms with van der Waals surface area (Å²) in [5, 5.41) is 25.3. The van der Waals surface area contributed by atoms with Crippen molar-refractivity contribution in [2.75, 3.05) is 39.5 Å². The van der Waals surface area contributed by atoms with E-state index in [2.05, 4.69) is 16.0 Å². The number of rotatable bonds is 8. The van der Waals surface area contributed by atoms with Gasteiger partial charge in [0.25, 0.3) is 0 Å². The zero-order valence-corrected chi connectivity index (χ0v) is 17.0. The zero-order chi connectivity index (χ0) is 21.7. The van der Waals surface area contributed by atoms with Crippen molar-refractivity contribution in [2.24, 2.45) is 11.5 Å². The third kappa shape index (κ3) is 4.99. The molecule has 0 spiro atoms. The number of fused-ring (bicyclic) bond motifs is 1. The Morgan fingerprint density at radius 1 is 1.45 bits per heavy atom. The second-order valence-corrected chi connectivity index (χ2v) is 7.65. The largest absolute Gasteiger partial charge is 0.477 e. The molecule has 13 heteroatoms. The van der Waals surface area contributed by atoms with Crippen molar-refractivity contribution in [1.29, 1.82) is 5.41 Å². The minimum Gasteiger partial charge on any atom is -0.477 e. The van der Waals surface area contributed by atoms with Crippen LogP contribution >= 0.6 is 11.8 Å². The third-order valence-electron chi connectivity index (χ3n) is 4.23. The van der Waals surface area contributed by atoms with E-state index < -0.39 is 23.9 Å². The molecular formula is C16H26N8O4S. The monoisotopic (exact) mass is 426 g/mol. The molecule has 1 fully saturated rings. The van der Waals surface area contributed by atoms with Gasteiger partial charge in [-0.3, -0.25) is 15.1 Å². The van der Waals surface area contributed by atoms with Crippen LogP contribution in [0.1, 0.15) is 0 Å². The number of hydrogen-bond donors (Lipinski definition) is 7. The number of aliphatic carboxylic acids is 1. The minimum absolute atomic E-state index is 0.0369. The highest BCUT2D eigenvalue weighted by Gasteiger charge is 2.51. The first-order valence-electron chi connectivity index (χ1n) is 8.79. The number of carboxylic acids is 1. The number of amidine groups is 1. The number of hydrogen-bond acceptors (Lipinski definition) is 8. The fourth-order valence-electron chi connectivity index (χ4n) is 2.75. The summed E-state index contributed by atoms with van der Waals surface area (Å²) in [4.78, 5) is 38.3. The van der Waals surface area contributed by atoms with Gasteiger partial charge in [0.2, 0.25) is 5.91 Å². The van der Waals surface area contributed by atoms with Gasteiger partial charge in [-0.25, -0.2) is 9.59 Å². The molecule has 2 heterocycles. The van der Waals surface area contributed by atoms with Gasteiger partial charge in [0, 0.05) is 45.7 Å². The molecule has 12 nitrogen and oxygen atoms in total. The molecule has 0 unspecified atom stereocenters. The van der Waals surface area contributed by atoms with Crippen LogP contribution in [0.2, 0.25) is 0 Å². The molecule has 3 amide bonds. The van der Waals surface area contributed by atoms with Crippen LogP contribution in [0.3, 0.4) is 0 Å². The molecule has 2 aliphatic heterocycles. The highest BCUT2D eigenvalue weighted by Crippen LogP contribution is 2.39. The number of carboxylic acid groups (broad SMARTS) is 1. The Labute approximate surface area is 172 Å². The molecule has 2 aliphatic rings. The zero-order valence-electron chi connectivity index (χ0n) is 16.2. The highest BCUT2D eigenvalue weighted by atomic mass is 32.2. The maximum absolute atomic E-state index is 12.0. The number of nitrogens with one attached hydrogen (secondary N) is 4. The van der Waals surface area contributed by atoms with Crippen LogP contribution in [0.15, 0.2) is 23.2 Å². The number of β-lactam (4-membered cyclic amide) rings is 1. The van der Waals surface area contributed by atoms with Crippen molar-refractivity contribution in [3.8, 4) is 0 Å². The summed E-state index contributed by atoms with van der Waals surface area (Å²) < 4.78 is 0. The number of nitrogens with zero attached hydrogens (tertiary/aromatic N) is 2. The maximum atomic E-state index is 12.0. The van der Waals surface area contributed by atoms with Gasteiger partial charge in [-0.2, -0.15) is 0 Å². The fourth-order valence-corrected chi connectivity index (χ4v) is 4.04. The van der Waals surface area contributed by atoms with E-state index in [0.717, 1.165) is 0 Å². The summed E-state index contributed by atoms with van der Waals surface area (Å²) in [5.41, 5.74) is 11.7. The predicted octanol–water partition coefficient (Wildman–Crippen LogP) is -2.20. The average Bonchev–Trinajstić information content (AvgIpc) is 2.69. The first-order chi connectivity index (χ1) is 13.7. The van der Waals surface area contributed by atoms with Gasteiger partial charge < -0.3 is 37.4 Å². The van der Waals surface area contributed by atoms with Gasteiger partial charge >= 0.3 is 12.0 Å². The molecule has 2 rings (SSSR count). The molecular weight excluding hydrogens is 400 g/mol. The van der Waals surface area contributed by atoms with Crippen molar-refractivity contribution >= 4 is 35.5 Å². The number of amides is 3. The van der Waals surface area contributed by atoms with E-state index in [-0.39, 0.29) is 42.2 Å². The van der Waals surface area contributed by atoms with Crippen LogP contribution in [0, 0.1) is 5.41 Å². The third-order valence-corrected chi connectivity index (χ3v) is 5.59. The number of nitrogens with two attached hydrogens (primary N) is 2. The van der Waals surface area contributed by atoms with Gasteiger partial charge in [-0.05, 0) is 5.57 Å². The average molecular weight is 427 g/mol. The first-order valence-corrected chi connectivity index (χ1v) is 9.84. The lowest BCUT2D eigenvalue weighted by molar-refractivity contribution is -0.147. The van der Waals surface area contributed by atoms with Crippen LogP contribution in [0.4, 0.5) is 4.79 Å². The van der Waals surface area contributed by atoms with Crippen molar-refractivity contribution in [3.05, 3.63) is 23.2 Å². The molecule has 0 aliphatic carbocycles.